The number of nitrogens with one attached hydrogen (secondary N) is 1. The summed E-state index contributed by atoms with van der Waals surface area (Å²) < 4.78 is 5.19. The number of nitro groups is 1. The Hall–Kier alpha value is -3.22. The molecule has 0 aromatic heterocycles. The maximum atomic E-state index is 12.0. The fourth-order valence-corrected chi connectivity index (χ4v) is 1.96. The molecule has 0 bridgehead atoms. The maximum Gasteiger partial charge on any atom is 0.343 e. The van der Waals surface area contributed by atoms with Crippen LogP contribution in [0.5, 0.6) is 5.75 Å². The Balaban J connectivity index is 2.11. The number of carbonyl (C=O) groups is 2. The summed E-state index contributed by atoms with van der Waals surface area (Å²) in [4.78, 5) is 33.2. The molecule has 0 fully saturated rings. The molecule has 1 amide bonds. The highest BCUT2D eigenvalue weighted by Gasteiger charge is 2.15. The minimum Gasteiger partial charge on any atom is -0.423 e. The van der Waals surface area contributed by atoms with Gasteiger partial charge in [0.05, 0.1) is 10.5 Å². The summed E-state index contributed by atoms with van der Waals surface area (Å²) in [5.41, 5.74) is 1.13. The third kappa shape index (κ3) is 4.13. The first kappa shape index (κ1) is 16.2. The summed E-state index contributed by atoms with van der Waals surface area (Å²) in [5.74, 6) is -0.508. The number of hydrogen-bond donors (Lipinski definition) is 1. The van der Waals surface area contributed by atoms with E-state index < -0.39 is 10.9 Å². The molecule has 1 N–H and O–H groups in total. The number of carbonyl (C=O) groups excluding carboxylic acids is 2. The number of hydrogen-bond acceptors (Lipinski definition) is 5. The summed E-state index contributed by atoms with van der Waals surface area (Å²) in [7, 11) is 0. The Kier molecular flexibility index (Phi) is 4.70. The van der Waals surface area contributed by atoms with Gasteiger partial charge in [0.1, 0.15) is 5.75 Å². The van der Waals surface area contributed by atoms with Crippen LogP contribution < -0.4 is 10.1 Å². The average Bonchev–Trinajstić information content (AvgIpc) is 2.48. The lowest BCUT2D eigenvalue weighted by atomic mass is 10.1. The van der Waals surface area contributed by atoms with Crippen LogP contribution in [0.15, 0.2) is 42.5 Å². The molecule has 0 saturated carbocycles. The summed E-state index contributed by atoms with van der Waals surface area (Å²) in [5, 5.41) is 13.4. The first-order valence-electron chi connectivity index (χ1n) is 6.71. The van der Waals surface area contributed by atoms with E-state index in [0.29, 0.717) is 17.0 Å². The van der Waals surface area contributed by atoms with E-state index in [-0.39, 0.29) is 17.2 Å². The molecule has 0 aliphatic heterocycles. The number of anilines is 1. The molecule has 2 aromatic carbocycles. The maximum absolute atomic E-state index is 12.0. The molecule has 0 atom stereocenters. The second-order valence-corrected chi connectivity index (χ2v) is 4.85. The molecule has 0 spiro atoms. The zero-order chi connectivity index (χ0) is 17.0. The van der Waals surface area contributed by atoms with Crippen LogP contribution >= 0.6 is 0 Å². The van der Waals surface area contributed by atoms with Crippen LogP contribution in [0.3, 0.4) is 0 Å². The highest BCUT2D eigenvalue weighted by atomic mass is 16.6. The van der Waals surface area contributed by atoms with Gasteiger partial charge in [0.15, 0.2) is 0 Å². The Morgan fingerprint density at radius 3 is 2.30 bits per heavy atom. The topological polar surface area (TPSA) is 98.5 Å². The molecule has 0 heterocycles. The number of benzene rings is 2. The number of nitro benzene ring substituents is 1. The smallest absolute Gasteiger partial charge is 0.343 e. The van der Waals surface area contributed by atoms with Crippen molar-refractivity contribution in [1.82, 2.24) is 0 Å². The number of aryl methyl sites for hydroxylation is 1. The van der Waals surface area contributed by atoms with E-state index >= 15 is 0 Å². The third-order valence-electron chi connectivity index (χ3n) is 3.01. The van der Waals surface area contributed by atoms with E-state index in [4.69, 9.17) is 4.74 Å². The Bertz CT molecular complexity index is 769. The van der Waals surface area contributed by atoms with Crippen molar-refractivity contribution < 1.29 is 19.2 Å². The summed E-state index contributed by atoms with van der Waals surface area (Å²) in [6, 6.07) is 10.3. The van der Waals surface area contributed by atoms with Crippen molar-refractivity contribution in [3.8, 4) is 5.75 Å². The number of ether oxygens (including phenoxy) is 1. The van der Waals surface area contributed by atoms with E-state index in [1.54, 1.807) is 31.2 Å². The lowest BCUT2D eigenvalue weighted by molar-refractivity contribution is -0.385. The van der Waals surface area contributed by atoms with E-state index in [1.807, 2.05) is 0 Å². The molecule has 2 rings (SSSR count). The normalized spacial score (nSPS) is 10.0. The molecule has 0 unspecified atom stereocenters. The molecule has 2 aromatic rings. The highest BCUT2D eigenvalue weighted by Crippen LogP contribution is 2.21. The van der Waals surface area contributed by atoms with Crippen molar-refractivity contribution in [2.45, 2.75) is 13.8 Å². The van der Waals surface area contributed by atoms with Crippen molar-refractivity contribution in [2.75, 3.05) is 5.32 Å². The molecule has 0 saturated heterocycles. The zero-order valence-electron chi connectivity index (χ0n) is 12.5. The largest absolute Gasteiger partial charge is 0.423 e. The van der Waals surface area contributed by atoms with Crippen LogP contribution in [0.4, 0.5) is 11.4 Å². The Labute approximate surface area is 132 Å². The van der Waals surface area contributed by atoms with Gasteiger partial charge in [0.25, 0.3) is 5.69 Å². The number of rotatable bonds is 4. The number of amides is 1. The van der Waals surface area contributed by atoms with Gasteiger partial charge in [-0.2, -0.15) is 0 Å². The monoisotopic (exact) mass is 314 g/mol. The molecular formula is C16H14N2O5. The fourth-order valence-electron chi connectivity index (χ4n) is 1.96. The first-order chi connectivity index (χ1) is 10.9. The van der Waals surface area contributed by atoms with Crippen LogP contribution in [-0.2, 0) is 4.79 Å². The van der Waals surface area contributed by atoms with Crippen molar-refractivity contribution in [3.63, 3.8) is 0 Å². The van der Waals surface area contributed by atoms with Gasteiger partial charge in [-0.1, -0.05) is 0 Å². The second kappa shape index (κ2) is 6.69. The molecule has 0 radical (unpaired) electrons. The number of esters is 1. The quantitative estimate of drug-likeness (QED) is 0.404. The molecule has 7 nitrogen and oxygen atoms in total. The minimum atomic E-state index is -0.615. The standard InChI is InChI=1S/C16H14N2O5/c1-10-9-12(3-8-15(10)18(21)22)16(20)23-14-6-4-13(5-7-14)17-11(2)19/h3-9H,1-2H3,(H,17,19). The second-order valence-electron chi connectivity index (χ2n) is 4.85. The van der Waals surface area contributed by atoms with Gasteiger partial charge in [-0.15, -0.1) is 0 Å². The molecular weight excluding hydrogens is 300 g/mol. The molecule has 118 valence electrons. The van der Waals surface area contributed by atoms with Gasteiger partial charge in [-0.05, 0) is 43.3 Å². The molecule has 0 aliphatic carbocycles. The van der Waals surface area contributed by atoms with E-state index in [9.17, 15) is 19.7 Å². The van der Waals surface area contributed by atoms with Gasteiger partial charge in [0.2, 0.25) is 5.91 Å². The Morgan fingerprint density at radius 1 is 1.13 bits per heavy atom. The minimum absolute atomic E-state index is 0.0544. The lowest BCUT2D eigenvalue weighted by Crippen LogP contribution is -2.09. The first-order valence-corrected chi connectivity index (χ1v) is 6.71. The van der Waals surface area contributed by atoms with Crippen LogP contribution in [0.2, 0.25) is 0 Å². The van der Waals surface area contributed by atoms with E-state index in [1.165, 1.54) is 25.1 Å². The van der Waals surface area contributed by atoms with Crippen molar-refractivity contribution in [2.24, 2.45) is 0 Å². The lowest BCUT2D eigenvalue weighted by Gasteiger charge is -2.07. The van der Waals surface area contributed by atoms with Crippen LogP contribution in [0.1, 0.15) is 22.8 Å². The van der Waals surface area contributed by atoms with E-state index in [0.717, 1.165) is 0 Å². The van der Waals surface area contributed by atoms with Gasteiger partial charge in [-0.25, -0.2) is 4.79 Å². The Morgan fingerprint density at radius 2 is 1.78 bits per heavy atom. The summed E-state index contributed by atoms with van der Waals surface area (Å²) >= 11 is 0. The van der Waals surface area contributed by atoms with Crippen LogP contribution in [-0.4, -0.2) is 16.8 Å². The van der Waals surface area contributed by atoms with Gasteiger partial charge in [-0.3, -0.25) is 14.9 Å². The SMILES string of the molecule is CC(=O)Nc1ccc(OC(=O)c2ccc([N+](=O)[O-])c(C)c2)cc1. The number of nitrogens with zero attached hydrogens (tertiary/aromatic N) is 1. The predicted molar refractivity (Wildman–Crippen MR) is 83.5 cm³/mol. The average molecular weight is 314 g/mol. The van der Waals surface area contributed by atoms with Crippen molar-refractivity contribution in [1.29, 1.82) is 0 Å². The summed E-state index contributed by atoms with van der Waals surface area (Å²) in [6.45, 7) is 2.95. The van der Waals surface area contributed by atoms with Crippen LogP contribution in [0.25, 0.3) is 0 Å². The molecule has 7 heteroatoms. The van der Waals surface area contributed by atoms with Crippen molar-refractivity contribution >= 4 is 23.3 Å². The predicted octanol–water partition coefficient (Wildman–Crippen LogP) is 3.08. The van der Waals surface area contributed by atoms with Gasteiger partial charge in [0, 0.05) is 24.2 Å². The highest BCUT2D eigenvalue weighted by molar-refractivity contribution is 5.92. The van der Waals surface area contributed by atoms with Gasteiger partial charge < -0.3 is 10.1 Å². The van der Waals surface area contributed by atoms with Crippen molar-refractivity contribution in [3.05, 3.63) is 63.7 Å². The molecule has 23 heavy (non-hydrogen) atoms. The third-order valence-corrected chi connectivity index (χ3v) is 3.01. The van der Waals surface area contributed by atoms with E-state index in [2.05, 4.69) is 5.32 Å². The van der Waals surface area contributed by atoms with Gasteiger partial charge >= 0.3 is 5.97 Å². The molecule has 0 aliphatic rings. The van der Waals surface area contributed by atoms with Crippen LogP contribution in [0, 0.1) is 17.0 Å². The zero-order valence-corrected chi connectivity index (χ0v) is 12.5. The fraction of sp³-hybridized carbons (Fsp3) is 0.125. The summed E-state index contributed by atoms with van der Waals surface area (Å²) in [6.07, 6.45) is 0.